The normalized spacial score (nSPS) is 18.7. The van der Waals surface area contributed by atoms with Gasteiger partial charge in [0.25, 0.3) is 0 Å². The van der Waals surface area contributed by atoms with E-state index in [0.717, 1.165) is 13.0 Å². The van der Waals surface area contributed by atoms with Gasteiger partial charge >= 0.3 is 0 Å². The van der Waals surface area contributed by atoms with Gasteiger partial charge in [-0.3, -0.25) is 4.79 Å². The average molecular weight is 298 g/mol. The second-order valence-electron chi connectivity index (χ2n) is 4.19. The second kappa shape index (κ2) is 5.03. The molecule has 0 saturated heterocycles. The van der Waals surface area contributed by atoms with E-state index in [4.69, 9.17) is 11.6 Å². The maximum atomic E-state index is 12.0. The summed E-state index contributed by atoms with van der Waals surface area (Å²) in [6, 6.07) is 6.32. The van der Waals surface area contributed by atoms with E-state index in [2.05, 4.69) is 22.9 Å². The minimum absolute atomic E-state index is 0.0203. The first-order valence-electron chi connectivity index (χ1n) is 5.76. The molecule has 0 spiro atoms. The van der Waals surface area contributed by atoms with E-state index in [1.54, 1.807) is 22.7 Å². The summed E-state index contributed by atoms with van der Waals surface area (Å²) in [5, 5.41) is 4.17. The Labute approximate surface area is 119 Å². The Morgan fingerprint density at radius 3 is 3.00 bits per heavy atom. The number of thiophene rings is 2. The summed E-state index contributed by atoms with van der Waals surface area (Å²) >= 11 is 9.21. The van der Waals surface area contributed by atoms with Gasteiger partial charge in [-0.15, -0.1) is 34.3 Å². The van der Waals surface area contributed by atoms with Crippen molar-refractivity contribution in [3.05, 3.63) is 44.3 Å². The van der Waals surface area contributed by atoms with Crippen molar-refractivity contribution in [2.24, 2.45) is 0 Å². The second-order valence-corrected chi connectivity index (χ2v) is 6.44. The predicted octanol–water partition coefficient (Wildman–Crippen LogP) is 3.52. The molecule has 1 aliphatic rings. The third-order valence-electron chi connectivity index (χ3n) is 3.21. The number of rotatable bonds is 2. The van der Waals surface area contributed by atoms with Crippen molar-refractivity contribution < 1.29 is 4.79 Å². The molecule has 5 heteroatoms. The van der Waals surface area contributed by atoms with Gasteiger partial charge < -0.3 is 4.90 Å². The third-order valence-corrected chi connectivity index (χ3v) is 5.36. The zero-order valence-electron chi connectivity index (χ0n) is 9.64. The maximum Gasteiger partial charge on any atom is 0.238 e. The Kier molecular flexibility index (Phi) is 3.41. The highest BCUT2D eigenvalue weighted by Gasteiger charge is 2.32. The van der Waals surface area contributed by atoms with Crippen molar-refractivity contribution in [3.63, 3.8) is 0 Å². The van der Waals surface area contributed by atoms with Crippen LogP contribution in [-0.2, 0) is 11.2 Å². The Morgan fingerprint density at radius 2 is 2.28 bits per heavy atom. The molecule has 3 rings (SSSR count). The topological polar surface area (TPSA) is 20.3 Å². The van der Waals surface area contributed by atoms with Crippen LogP contribution in [0.3, 0.4) is 0 Å². The number of halogens is 1. The smallest absolute Gasteiger partial charge is 0.238 e. The van der Waals surface area contributed by atoms with Crippen LogP contribution in [0.15, 0.2) is 29.0 Å². The molecule has 1 unspecified atom stereocenters. The molecule has 3 heterocycles. The summed E-state index contributed by atoms with van der Waals surface area (Å²) in [6.07, 6.45) is 0.942. The molecular weight excluding hydrogens is 286 g/mol. The summed E-state index contributed by atoms with van der Waals surface area (Å²) in [5.41, 5.74) is 1.27. The highest BCUT2D eigenvalue weighted by Crippen LogP contribution is 2.39. The van der Waals surface area contributed by atoms with Crippen molar-refractivity contribution in [2.45, 2.75) is 12.5 Å². The Morgan fingerprint density at radius 1 is 1.39 bits per heavy atom. The summed E-state index contributed by atoms with van der Waals surface area (Å²) in [4.78, 5) is 16.5. The van der Waals surface area contributed by atoms with Gasteiger partial charge in [-0.1, -0.05) is 6.07 Å². The quantitative estimate of drug-likeness (QED) is 0.777. The van der Waals surface area contributed by atoms with Crippen molar-refractivity contribution in [2.75, 3.05) is 12.4 Å². The molecule has 2 nitrogen and oxygen atoms in total. The van der Waals surface area contributed by atoms with Gasteiger partial charge in [0.15, 0.2) is 0 Å². The summed E-state index contributed by atoms with van der Waals surface area (Å²) in [5.74, 6) is 0.0772. The van der Waals surface area contributed by atoms with Crippen LogP contribution in [0.1, 0.15) is 21.4 Å². The van der Waals surface area contributed by atoms with Crippen LogP contribution >= 0.6 is 34.3 Å². The first kappa shape index (κ1) is 12.2. The van der Waals surface area contributed by atoms with Crippen LogP contribution in [0.5, 0.6) is 0 Å². The number of fused-ring (bicyclic) bond motifs is 1. The van der Waals surface area contributed by atoms with E-state index in [9.17, 15) is 4.79 Å². The third kappa shape index (κ3) is 1.98. The molecule has 0 fully saturated rings. The van der Waals surface area contributed by atoms with Crippen LogP contribution < -0.4 is 0 Å². The van der Waals surface area contributed by atoms with Gasteiger partial charge in [0.2, 0.25) is 5.91 Å². The highest BCUT2D eigenvalue weighted by atomic mass is 35.5. The molecule has 18 heavy (non-hydrogen) atoms. The lowest BCUT2D eigenvalue weighted by Crippen LogP contribution is -2.40. The number of hydrogen-bond donors (Lipinski definition) is 0. The molecule has 1 amide bonds. The first-order chi connectivity index (χ1) is 8.81. The Bertz CT molecular complexity index is 549. The fourth-order valence-corrected chi connectivity index (χ4v) is 4.33. The van der Waals surface area contributed by atoms with E-state index in [-0.39, 0.29) is 17.8 Å². The van der Waals surface area contributed by atoms with Crippen molar-refractivity contribution in [1.29, 1.82) is 0 Å². The van der Waals surface area contributed by atoms with Gasteiger partial charge in [0.1, 0.15) is 5.88 Å². The largest absolute Gasteiger partial charge is 0.329 e. The van der Waals surface area contributed by atoms with Gasteiger partial charge in [0, 0.05) is 16.3 Å². The van der Waals surface area contributed by atoms with E-state index in [0.29, 0.717) is 0 Å². The molecule has 1 aliphatic heterocycles. The first-order valence-corrected chi connectivity index (χ1v) is 8.05. The Balaban J connectivity index is 2.05. The molecule has 2 aromatic heterocycles. The molecule has 2 aromatic rings. The molecule has 0 aromatic carbocycles. The molecule has 94 valence electrons. The van der Waals surface area contributed by atoms with Gasteiger partial charge in [0.05, 0.1) is 6.04 Å². The molecule has 0 radical (unpaired) electrons. The number of nitrogens with zero attached hydrogens (tertiary/aromatic N) is 1. The molecule has 0 aliphatic carbocycles. The Hall–Kier alpha value is -0.840. The van der Waals surface area contributed by atoms with Crippen LogP contribution in [0.25, 0.3) is 0 Å². The standard InChI is InChI=1S/C13H12ClNOS2/c14-8-12(16)15-5-3-10-9(4-7-18-10)13(15)11-2-1-6-17-11/h1-2,4,6-7,13H,3,5,8H2. The van der Waals surface area contributed by atoms with Gasteiger partial charge in [-0.25, -0.2) is 0 Å². The number of amides is 1. The number of alkyl halides is 1. The molecule has 0 saturated carbocycles. The monoisotopic (exact) mass is 297 g/mol. The summed E-state index contributed by atoms with van der Waals surface area (Å²) in [7, 11) is 0. The number of hydrogen-bond acceptors (Lipinski definition) is 3. The molecule has 0 N–H and O–H groups in total. The van der Waals surface area contributed by atoms with Crippen molar-refractivity contribution in [3.8, 4) is 0 Å². The number of carbonyl (C=O) groups excluding carboxylic acids is 1. The SMILES string of the molecule is O=C(CCl)N1CCc2sccc2C1c1cccs1. The van der Waals surface area contributed by atoms with Gasteiger partial charge in [-0.05, 0) is 34.9 Å². The van der Waals surface area contributed by atoms with Crippen molar-refractivity contribution >= 4 is 40.2 Å². The van der Waals surface area contributed by atoms with Crippen LogP contribution in [0, 0.1) is 0 Å². The predicted molar refractivity (Wildman–Crippen MR) is 76.6 cm³/mol. The van der Waals surface area contributed by atoms with Crippen molar-refractivity contribution in [1.82, 2.24) is 4.90 Å². The fourth-order valence-electron chi connectivity index (χ4n) is 2.42. The minimum Gasteiger partial charge on any atom is -0.329 e. The minimum atomic E-state index is 0.0203. The molecular formula is C13H12ClNOS2. The van der Waals surface area contributed by atoms with Crippen LogP contribution in [0.2, 0.25) is 0 Å². The maximum absolute atomic E-state index is 12.0. The lowest BCUT2D eigenvalue weighted by molar-refractivity contribution is -0.130. The molecule has 1 atom stereocenters. The summed E-state index contributed by atoms with van der Waals surface area (Å²) < 4.78 is 0. The fraction of sp³-hybridized carbons (Fsp3) is 0.308. The van der Waals surface area contributed by atoms with Crippen LogP contribution in [0.4, 0.5) is 0 Å². The molecule has 0 bridgehead atoms. The van der Waals surface area contributed by atoms with E-state index >= 15 is 0 Å². The average Bonchev–Trinajstić information content (AvgIpc) is 3.07. The highest BCUT2D eigenvalue weighted by molar-refractivity contribution is 7.10. The number of carbonyl (C=O) groups is 1. The lowest BCUT2D eigenvalue weighted by Gasteiger charge is -2.35. The zero-order chi connectivity index (χ0) is 12.5. The van der Waals surface area contributed by atoms with E-state index in [1.165, 1.54) is 15.3 Å². The lowest BCUT2D eigenvalue weighted by atomic mass is 9.98. The van der Waals surface area contributed by atoms with Gasteiger partial charge in [-0.2, -0.15) is 0 Å². The summed E-state index contributed by atoms with van der Waals surface area (Å²) in [6.45, 7) is 0.766. The van der Waals surface area contributed by atoms with E-state index < -0.39 is 0 Å². The van der Waals surface area contributed by atoms with Crippen LogP contribution in [-0.4, -0.2) is 23.2 Å². The zero-order valence-corrected chi connectivity index (χ0v) is 12.0. The van der Waals surface area contributed by atoms with E-state index in [1.807, 2.05) is 11.0 Å².